The minimum absolute atomic E-state index is 0.0224. The number of anilines is 12. The molecule has 0 radical (unpaired) electrons. The van der Waals surface area contributed by atoms with Crippen LogP contribution in [0.4, 0.5) is 68.2 Å². The largest absolute Gasteiger partial charge is 0.311 e. The van der Waals surface area contributed by atoms with Gasteiger partial charge < -0.3 is 19.6 Å². The van der Waals surface area contributed by atoms with Crippen molar-refractivity contribution in [1.82, 2.24) is 0 Å². The Morgan fingerprint density at radius 1 is 0.296 bits per heavy atom. The lowest BCUT2D eigenvalue weighted by molar-refractivity contribution is 0.590. The van der Waals surface area contributed by atoms with E-state index in [2.05, 4.69) is 320 Å². The topological polar surface area (TPSA) is 13.0 Å². The normalized spacial score (nSPS) is 13.2. The van der Waals surface area contributed by atoms with Crippen LogP contribution in [0.1, 0.15) is 139 Å². The van der Waals surface area contributed by atoms with E-state index >= 15 is 0 Å². The third kappa shape index (κ3) is 10.1. The van der Waals surface area contributed by atoms with Gasteiger partial charge in [-0.3, -0.25) is 0 Å². The Morgan fingerprint density at radius 3 is 0.877 bits per heavy atom. The van der Waals surface area contributed by atoms with Gasteiger partial charge in [0.15, 0.2) is 0 Å². The molecule has 0 saturated carbocycles. The highest BCUT2D eigenvalue weighted by Gasteiger charge is 2.45. The zero-order valence-electron chi connectivity index (χ0n) is 51.6. The summed E-state index contributed by atoms with van der Waals surface area (Å²) in [5.41, 5.74) is 30.6. The van der Waals surface area contributed by atoms with Crippen LogP contribution in [0.25, 0.3) is 0 Å². The number of hydrogen-bond acceptors (Lipinski definition) is 4. The molecule has 0 bridgehead atoms. The lowest BCUT2D eigenvalue weighted by Gasteiger charge is -2.45. The molecule has 0 spiro atoms. The fourth-order valence-corrected chi connectivity index (χ4v) is 12.4. The number of benzene rings is 9. The van der Waals surface area contributed by atoms with Gasteiger partial charge in [0, 0.05) is 56.9 Å². The molecule has 2 heterocycles. The van der Waals surface area contributed by atoms with Crippen LogP contribution in [0.2, 0.25) is 0 Å². The Labute approximate surface area is 486 Å². The lowest BCUT2D eigenvalue weighted by Crippen LogP contribution is -2.61. The van der Waals surface area contributed by atoms with Crippen LogP contribution in [-0.4, -0.2) is 6.71 Å². The van der Waals surface area contributed by atoms with Crippen molar-refractivity contribution >= 4 is 91.3 Å². The summed E-state index contributed by atoms with van der Waals surface area (Å²) in [5, 5.41) is 0. The van der Waals surface area contributed by atoms with Crippen LogP contribution in [0.15, 0.2) is 176 Å². The van der Waals surface area contributed by atoms with Gasteiger partial charge in [-0.25, -0.2) is 0 Å². The van der Waals surface area contributed by atoms with Crippen LogP contribution in [0, 0.1) is 41.5 Å². The van der Waals surface area contributed by atoms with Crippen LogP contribution in [-0.2, 0) is 21.7 Å². The van der Waals surface area contributed by atoms with Crippen LogP contribution >= 0.6 is 0 Å². The van der Waals surface area contributed by atoms with E-state index in [1.54, 1.807) is 0 Å². The van der Waals surface area contributed by atoms with Crippen LogP contribution in [0.5, 0.6) is 0 Å². The van der Waals surface area contributed by atoms with Gasteiger partial charge in [0.05, 0.1) is 11.4 Å². The van der Waals surface area contributed by atoms with Crippen molar-refractivity contribution in [3.8, 4) is 0 Å². The number of aryl methyl sites for hydroxylation is 6. The Bertz CT molecular complexity index is 3490. The summed E-state index contributed by atoms with van der Waals surface area (Å²) in [6.07, 6.45) is 0. The van der Waals surface area contributed by atoms with Crippen molar-refractivity contribution in [3.05, 3.63) is 232 Å². The molecule has 11 rings (SSSR count). The smallest absolute Gasteiger partial charge is 0.252 e. The van der Waals surface area contributed by atoms with Crippen molar-refractivity contribution < 1.29 is 0 Å². The van der Waals surface area contributed by atoms with E-state index in [1.165, 1.54) is 106 Å². The van der Waals surface area contributed by atoms with Gasteiger partial charge in [-0.2, -0.15) is 0 Å². The van der Waals surface area contributed by atoms with Crippen molar-refractivity contribution in [1.29, 1.82) is 0 Å². The van der Waals surface area contributed by atoms with E-state index in [0.717, 1.165) is 34.1 Å². The van der Waals surface area contributed by atoms with E-state index in [4.69, 9.17) is 0 Å². The average Bonchev–Trinajstić information content (AvgIpc) is 1.44. The van der Waals surface area contributed by atoms with Gasteiger partial charge in [0.1, 0.15) is 0 Å². The molecular weight excluding hydrogens is 980 g/mol. The summed E-state index contributed by atoms with van der Waals surface area (Å²) in [5.74, 6) is 0. The molecule has 0 saturated heterocycles. The summed E-state index contributed by atoms with van der Waals surface area (Å²) < 4.78 is 0. The quantitative estimate of drug-likeness (QED) is 0.141. The second-order valence-corrected chi connectivity index (χ2v) is 27.6. The molecule has 0 amide bonds. The molecule has 4 nitrogen and oxygen atoms in total. The number of hydrogen-bond donors (Lipinski definition) is 0. The number of rotatable bonds is 8. The molecule has 0 N–H and O–H groups in total. The van der Waals surface area contributed by atoms with E-state index < -0.39 is 0 Å². The molecule has 9 aromatic rings. The van der Waals surface area contributed by atoms with E-state index in [-0.39, 0.29) is 28.4 Å². The highest BCUT2D eigenvalue weighted by molar-refractivity contribution is 7.00. The van der Waals surface area contributed by atoms with Crippen molar-refractivity contribution in [2.24, 2.45) is 0 Å². The minimum atomic E-state index is -0.0828. The fourth-order valence-electron chi connectivity index (χ4n) is 12.4. The zero-order valence-corrected chi connectivity index (χ0v) is 51.6. The summed E-state index contributed by atoms with van der Waals surface area (Å²) in [6, 6.07) is 68.1. The monoisotopic (exact) mass is 1060 g/mol. The molecule has 81 heavy (non-hydrogen) atoms. The van der Waals surface area contributed by atoms with Crippen molar-refractivity contribution in [3.63, 3.8) is 0 Å². The third-order valence-electron chi connectivity index (χ3n) is 17.3. The Balaban J connectivity index is 1.20. The number of nitrogens with zero attached hydrogens (tertiary/aromatic N) is 4. The first-order valence-electron chi connectivity index (χ1n) is 29.4. The number of fused-ring (bicyclic) bond motifs is 4. The van der Waals surface area contributed by atoms with E-state index in [1.807, 2.05) is 0 Å². The highest BCUT2D eigenvalue weighted by atomic mass is 15.2. The van der Waals surface area contributed by atoms with Gasteiger partial charge in [0.2, 0.25) is 0 Å². The molecule has 0 aromatic heterocycles. The maximum atomic E-state index is 2.59. The van der Waals surface area contributed by atoms with E-state index in [0.29, 0.717) is 0 Å². The molecule has 0 unspecified atom stereocenters. The molecule has 5 heteroatoms. The summed E-state index contributed by atoms with van der Waals surface area (Å²) in [4.78, 5) is 10.2. The predicted molar refractivity (Wildman–Crippen MR) is 353 cm³/mol. The van der Waals surface area contributed by atoms with Gasteiger partial charge in [-0.1, -0.05) is 174 Å². The standard InChI is InChI=1S/C76H83BN4/c1-48-22-24-50(3)66(42-48)80-64-20-19-21-65-72(64)77(62-44-52(5)68(46-70(62)80)78(58-34-26-54(27-35-58)73(7,8)9)59-36-28-55(29-37-59)74(10,11)12)63-45-53(6)69(47-71(63)81(65)67-43-49(2)23-25-51(67)4)79(60-38-30-56(31-39-60)75(13,14)15)61-40-32-57(33-41-61)76(16,17)18/h19-47H,1-18H3. The van der Waals surface area contributed by atoms with Crippen molar-refractivity contribution in [2.45, 2.75) is 146 Å². The Kier molecular flexibility index (Phi) is 13.7. The van der Waals surface area contributed by atoms with E-state index in [9.17, 15) is 0 Å². The minimum Gasteiger partial charge on any atom is -0.311 e. The summed E-state index contributed by atoms with van der Waals surface area (Å²) in [7, 11) is 0. The summed E-state index contributed by atoms with van der Waals surface area (Å²) in [6.45, 7) is 41.1. The lowest BCUT2D eigenvalue weighted by atomic mass is 9.33. The molecule has 410 valence electrons. The zero-order chi connectivity index (χ0) is 57.8. The fraction of sp³-hybridized carbons (Fsp3) is 0.289. The maximum Gasteiger partial charge on any atom is 0.252 e. The average molecular weight is 1060 g/mol. The van der Waals surface area contributed by atoms with Crippen LogP contribution < -0.4 is 36.0 Å². The van der Waals surface area contributed by atoms with Gasteiger partial charge in [0.25, 0.3) is 6.71 Å². The Hall–Kier alpha value is -7.76. The molecule has 0 fully saturated rings. The Morgan fingerprint density at radius 2 is 0.593 bits per heavy atom. The third-order valence-corrected chi connectivity index (χ3v) is 17.3. The molecule has 2 aliphatic heterocycles. The maximum absolute atomic E-state index is 2.59. The van der Waals surface area contributed by atoms with Gasteiger partial charge in [-0.15, -0.1) is 0 Å². The first-order valence-corrected chi connectivity index (χ1v) is 29.4. The highest BCUT2D eigenvalue weighted by Crippen LogP contribution is 2.50. The van der Waals surface area contributed by atoms with Gasteiger partial charge >= 0.3 is 0 Å². The molecule has 2 aliphatic rings. The van der Waals surface area contributed by atoms with Crippen LogP contribution in [0.3, 0.4) is 0 Å². The molecule has 9 aromatic carbocycles. The molecule has 0 aliphatic carbocycles. The summed E-state index contributed by atoms with van der Waals surface area (Å²) >= 11 is 0. The SMILES string of the molecule is Cc1ccc(C)c(N2c3cc(N(c4ccc(C(C)(C)C)cc4)c4ccc(C(C)(C)C)cc4)c(C)cc3B3c4cc(C)c(N(c5ccc(C(C)(C)C)cc5)c5ccc(C(C)(C)C)cc5)cc4N(c4cc(C)ccc4C)c4cccc2c43)c1. The second-order valence-electron chi connectivity index (χ2n) is 27.6. The predicted octanol–water partition coefficient (Wildman–Crippen LogP) is 19.7. The second kappa shape index (κ2) is 20.0. The molecule has 0 atom stereocenters. The van der Waals surface area contributed by atoms with Gasteiger partial charge in [-0.05, 0) is 220 Å². The first-order chi connectivity index (χ1) is 38.2. The first kappa shape index (κ1) is 55.2. The van der Waals surface area contributed by atoms with Crippen molar-refractivity contribution in [2.75, 3.05) is 19.6 Å². The molecular formula is C76H83BN4.